The minimum Gasteiger partial charge on any atom is -0.368 e. The standard InChI is InChI=1S/C25H23ClN6OS/c26-20-5-4-8-22(17-20)30-13-15-31(16-14-30)23(33)18-34-25-29-28-24(19-9-11-27-12-10-19)32(25)21-6-2-1-3-7-21/h1-12,17H,13-16,18H2. The third-order valence-electron chi connectivity index (χ3n) is 5.72. The number of amides is 1. The van der Waals surface area contributed by atoms with E-state index in [4.69, 9.17) is 11.6 Å². The summed E-state index contributed by atoms with van der Waals surface area (Å²) in [6, 6.07) is 21.6. The molecule has 0 atom stereocenters. The van der Waals surface area contributed by atoms with Crippen molar-refractivity contribution in [2.45, 2.75) is 5.16 Å². The smallest absolute Gasteiger partial charge is 0.233 e. The van der Waals surface area contributed by atoms with Crippen LogP contribution in [-0.4, -0.2) is 62.5 Å². The lowest BCUT2D eigenvalue weighted by Gasteiger charge is -2.36. The summed E-state index contributed by atoms with van der Waals surface area (Å²) in [4.78, 5) is 21.3. The second kappa shape index (κ2) is 10.3. The Kier molecular flexibility index (Phi) is 6.78. The van der Waals surface area contributed by atoms with Crippen LogP contribution in [0.3, 0.4) is 0 Å². The number of carbonyl (C=O) groups is 1. The summed E-state index contributed by atoms with van der Waals surface area (Å²) in [6.45, 7) is 2.92. The van der Waals surface area contributed by atoms with Crippen molar-refractivity contribution in [2.24, 2.45) is 0 Å². The summed E-state index contributed by atoms with van der Waals surface area (Å²) in [5.41, 5.74) is 2.96. The van der Waals surface area contributed by atoms with E-state index >= 15 is 0 Å². The molecule has 0 saturated carbocycles. The molecule has 9 heteroatoms. The molecule has 2 aromatic carbocycles. The molecule has 0 aliphatic carbocycles. The highest BCUT2D eigenvalue weighted by Gasteiger charge is 2.23. The van der Waals surface area contributed by atoms with Crippen molar-refractivity contribution < 1.29 is 4.79 Å². The van der Waals surface area contributed by atoms with E-state index in [0.29, 0.717) is 24.0 Å². The highest BCUT2D eigenvalue weighted by molar-refractivity contribution is 7.99. The molecule has 172 valence electrons. The van der Waals surface area contributed by atoms with Gasteiger partial charge in [-0.15, -0.1) is 10.2 Å². The Hall–Kier alpha value is -3.36. The largest absolute Gasteiger partial charge is 0.368 e. The summed E-state index contributed by atoms with van der Waals surface area (Å²) in [6.07, 6.45) is 3.47. The van der Waals surface area contributed by atoms with E-state index in [1.54, 1.807) is 12.4 Å². The lowest BCUT2D eigenvalue weighted by Crippen LogP contribution is -2.49. The van der Waals surface area contributed by atoms with Crippen LogP contribution in [0.1, 0.15) is 0 Å². The van der Waals surface area contributed by atoms with Gasteiger partial charge in [-0.3, -0.25) is 14.3 Å². The van der Waals surface area contributed by atoms with Gasteiger partial charge < -0.3 is 9.80 Å². The predicted molar refractivity (Wildman–Crippen MR) is 136 cm³/mol. The summed E-state index contributed by atoms with van der Waals surface area (Å²) in [5.74, 6) is 1.13. The van der Waals surface area contributed by atoms with Crippen LogP contribution in [0.2, 0.25) is 5.02 Å². The van der Waals surface area contributed by atoms with Crippen molar-refractivity contribution in [2.75, 3.05) is 36.8 Å². The van der Waals surface area contributed by atoms with Gasteiger partial charge in [-0.2, -0.15) is 0 Å². The first-order valence-electron chi connectivity index (χ1n) is 11.0. The summed E-state index contributed by atoms with van der Waals surface area (Å²) >= 11 is 7.54. The number of pyridine rings is 1. The van der Waals surface area contributed by atoms with E-state index < -0.39 is 0 Å². The number of halogens is 1. The van der Waals surface area contributed by atoms with E-state index in [1.165, 1.54) is 11.8 Å². The van der Waals surface area contributed by atoms with Crippen LogP contribution < -0.4 is 4.90 Å². The van der Waals surface area contributed by atoms with Crippen LogP contribution in [0.5, 0.6) is 0 Å². The molecular formula is C25H23ClN6OS. The first-order valence-corrected chi connectivity index (χ1v) is 12.4. The fourth-order valence-corrected chi connectivity index (χ4v) is 5.00. The average molecular weight is 491 g/mol. The van der Waals surface area contributed by atoms with Crippen molar-refractivity contribution in [1.82, 2.24) is 24.6 Å². The van der Waals surface area contributed by atoms with E-state index in [9.17, 15) is 4.79 Å². The van der Waals surface area contributed by atoms with Crippen LogP contribution >= 0.6 is 23.4 Å². The van der Waals surface area contributed by atoms with E-state index in [2.05, 4.69) is 26.1 Å². The quantitative estimate of drug-likeness (QED) is 0.373. The summed E-state index contributed by atoms with van der Waals surface area (Å²) in [5, 5.41) is 10.2. The topological polar surface area (TPSA) is 67.2 Å². The maximum Gasteiger partial charge on any atom is 0.233 e. The Bertz CT molecular complexity index is 1260. The molecule has 1 fully saturated rings. The molecule has 0 bridgehead atoms. The van der Waals surface area contributed by atoms with Gasteiger partial charge in [-0.25, -0.2) is 0 Å². The number of piperazine rings is 1. The molecule has 0 N–H and O–H groups in total. The molecule has 1 aliphatic rings. The zero-order valence-electron chi connectivity index (χ0n) is 18.4. The molecule has 0 radical (unpaired) electrons. The van der Waals surface area contributed by atoms with Gasteiger partial charge >= 0.3 is 0 Å². The number of nitrogens with zero attached hydrogens (tertiary/aromatic N) is 6. The van der Waals surface area contributed by atoms with Gasteiger partial charge in [0.15, 0.2) is 11.0 Å². The van der Waals surface area contributed by atoms with Gasteiger partial charge in [0.2, 0.25) is 5.91 Å². The van der Waals surface area contributed by atoms with Crippen LogP contribution in [0.25, 0.3) is 17.1 Å². The first kappa shape index (κ1) is 22.4. The zero-order chi connectivity index (χ0) is 23.3. The van der Waals surface area contributed by atoms with Gasteiger partial charge in [-0.05, 0) is 42.5 Å². The minimum atomic E-state index is 0.101. The molecule has 3 heterocycles. The zero-order valence-corrected chi connectivity index (χ0v) is 20.0. The Morgan fingerprint density at radius 2 is 1.62 bits per heavy atom. The van der Waals surface area contributed by atoms with Crippen LogP contribution in [-0.2, 0) is 4.79 Å². The molecule has 7 nitrogen and oxygen atoms in total. The molecule has 0 spiro atoms. The second-order valence-corrected chi connectivity index (χ2v) is 9.23. The molecule has 1 aliphatic heterocycles. The maximum absolute atomic E-state index is 13.0. The number of carbonyl (C=O) groups excluding carboxylic acids is 1. The van der Waals surface area contributed by atoms with Gasteiger partial charge in [0.25, 0.3) is 0 Å². The number of hydrogen-bond acceptors (Lipinski definition) is 6. The van der Waals surface area contributed by atoms with E-state index in [1.807, 2.05) is 70.1 Å². The van der Waals surface area contributed by atoms with Crippen molar-refractivity contribution in [1.29, 1.82) is 0 Å². The van der Waals surface area contributed by atoms with Crippen molar-refractivity contribution in [3.8, 4) is 17.1 Å². The first-order chi connectivity index (χ1) is 16.7. The Balaban J connectivity index is 1.27. The Labute approximate surface area is 207 Å². The summed E-state index contributed by atoms with van der Waals surface area (Å²) < 4.78 is 1.99. The molecule has 1 amide bonds. The van der Waals surface area contributed by atoms with Crippen LogP contribution in [0.4, 0.5) is 5.69 Å². The van der Waals surface area contributed by atoms with Crippen LogP contribution in [0.15, 0.2) is 84.3 Å². The minimum absolute atomic E-state index is 0.101. The van der Waals surface area contributed by atoms with E-state index in [0.717, 1.165) is 40.9 Å². The second-order valence-electron chi connectivity index (χ2n) is 7.85. The molecule has 2 aromatic heterocycles. The third-order valence-corrected chi connectivity index (χ3v) is 6.87. The Morgan fingerprint density at radius 3 is 2.35 bits per heavy atom. The molecular weight excluding hydrogens is 468 g/mol. The van der Waals surface area contributed by atoms with Gasteiger partial charge in [0, 0.05) is 60.5 Å². The molecule has 5 rings (SSSR count). The average Bonchev–Trinajstić information content (AvgIpc) is 3.32. The third kappa shape index (κ3) is 4.93. The van der Waals surface area contributed by atoms with Crippen molar-refractivity contribution in [3.05, 3.63) is 84.1 Å². The lowest BCUT2D eigenvalue weighted by atomic mass is 10.2. The van der Waals surface area contributed by atoms with E-state index in [-0.39, 0.29) is 5.91 Å². The number of rotatable bonds is 6. The lowest BCUT2D eigenvalue weighted by molar-refractivity contribution is -0.128. The highest BCUT2D eigenvalue weighted by Crippen LogP contribution is 2.28. The van der Waals surface area contributed by atoms with Gasteiger partial charge in [0.05, 0.1) is 5.75 Å². The molecule has 0 unspecified atom stereocenters. The molecule has 1 saturated heterocycles. The monoisotopic (exact) mass is 490 g/mol. The van der Waals surface area contributed by atoms with Gasteiger partial charge in [0.1, 0.15) is 0 Å². The SMILES string of the molecule is O=C(CSc1nnc(-c2ccncc2)n1-c1ccccc1)N1CCN(c2cccc(Cl)c2)CC1. The number of benzene rings is 2. The van der Waals surface area contributed by atoms with Gasteiger partial charge in [-0.1, -0.05) is 47.6 Å². The Morgan fingerprint density at radius 1 is 0.882 bits per heavy atom. The summed E-state index contributed by atoms with van der Waals surface area (Å²) in [7, 11) is 0. The number of anilines is 1. The highest BCUT2D eigenvalue weighted by atomic mass is 35.5. The predicted octanol–water partition coefficient (Wildman–Crippen LogP) is 4.42. The number of hydrogen-bond donors (Lipinski definition) is 0. The normalized spacial score (nSPS) is 13.8. The number of para-hydroxylation sites is 1. The van der Waals surface area contributed by atoms with Crippen molar-refractivity contribution in [3.63, 3.8) is 0 Å². The number of thioether (sulfide) groups is 1. The number of aromatic nitrogens is 4. The van der Waals surface area contributed by atoms with Crippen LogP contribution in [0, 0.1) is 0 Å². The molecule has 4 aromatic rings. The van der Waals surface area contributed by atoms with Crippen molar-refractivity contribution >= 4 is 35.0 Å². The fraction of sp³-hybridized carbons (Fsp3) is 0.200. The fourth-order valence-electron chi connectivity index (χ4n) is 3.97. The molecule has 34 heavy (non-hydrogen) atoms. The maximum atomic E-state index is 13.0.